The van der Waals surface area contributed by atoms with E-state index in [1.165, 1.54) is 0 Å². The van der Waals surface area contributed by atoms with Gasteiger partial charge >= 0.3 is 0 Å². The van der Waals surface area contributed by atoms with Crippen LogP contribution in [-0.4, -0.2) is 11.8 Å². The van der Waals surface area contributed by atoms with E-state index in [1.54, 1.807) is 6.08 Å². The van der Waals surface area contributed by atoms with Crippen molar-refractivity contribution in [1.82, 2.24) is 0 Å². The van der Waals surface area contributed by atoms with Crippen LogP contribution in [0.2, 0.25) is 0 Å². The highest BCUT2D eigenvalue weighted by atomic mass is 79.9. The molecule has 0 saturated carbocycles. The molecule has 100 valence electrons. The van der Waals surface area contributed by atoms with Gasteiger partial charge in [0.15, 0.2) is 5.78 Å². The van der Waals surface area contributed by atoms with Gasteiger partial charge in [-0.1, -0.05) is 52.3 Å². The zero-order valence-corrected chi connectivity index (χ0v) is 12.4. The molecule has 0 heterocycles. The van der Waals surface area contributed by atoms with E-state index in [1.807, 2.05) is 60.7 Å². The normalized spacial score (nSPS) is 21.1. The highest BCUT2D eigenvalue weighted by Gasteiger charge is 2.31. The highest BCUT2D eigenvalue weighted by Crippen LogP contribution is 2.29. The molecule has 0 amide bonds. The van der Waals surface area contributed by atoms with Crippen LogP contribution in [-0.2, 0) is 4.79 Å². The Balaban J connectivity index is 1.83. The number of benzene rings is 2. The SMILES string of the molecule is O=C1C=C[C@@H](Nc2ccc(Br)cc2)[C@@H]1c1ccccc1. The minimum atomic E-state index is -0.139. The number of ketones is 1. The standard InChI is InChI=1S/C17H14BrNO/c18-13-6-8-14(9-7-13)19-15-10-11-16(20)17(15)12-4-2-1-3-5-12/h1-11,15,17,19H/t15-,17+/m1/s1. The third kappa shape index (κ3) is 2.68. The summed E-state index contributed by atoms with van der Waals surface area (Å²) in [6, 6.07) is 17.9. The number of hydrogen-bond donors (Lipinski definition) is 1. The molecule has 2 aromatic carbocycles. The average Bonchev–Trinajstić information content (AvgIpc) is 2.83. The van der Waals surface area contributed by atoms with Gasteiger partial charge in [0.2, 0.25) is 0 Å². The summed E-state index contributed by atoms with van der Waals surface area (Å²) < 4.78 is 1.04. The maximum absolute atomic E-state index is 12.1. The first-order valence-electron chi connectivity index (χ1n) is 6.53. The average molecular weight is 328 g/mol. The van der Waals surface area contributed by atoms with Gasteiger partial charge in [-0.05, 0) is 35.9 Å². The molecule has 1 aliphatic rings. The number of carbonyl (C=O) groups is 1. The fraction of sp³-hybridized carbons (Fsp3) is 0.118. The fourth-order valence-corrected chi connectivity index (χ4v) is 2.76. The van der Waals surface area contributed by atoms with Crippen molar-refractivity contribution in [2.24, 2.45) is 0 Å². The van der Waals surface area contributed by atoms with Crippen molar-refractivity contribution in [3.8, 4) is 0 Å². The molecule has 0 bridgehead atoms. The van der Waals surface area contributed by atoms with Crippen molar-refractivity contribution in [3.63, 3.8) is 0 Å². The number of nitrogens with one attached hydrogen (secondary N) is 1. The van der Waals surface area contributed by atoms with Gasteiger partial charge in [-0.2, -0.15) is 0 Å². The highest BCUT2D eigenvalue weighted by molar-refractivity contribution is 9.10. The predicted octanol–water partition coefficient (Wildman–Crippen LogP) is 4.15. The molecule has 2 aromatic rings. The lowest BCUT2D eigenvalue weighted by molar-refractivity contribution is -0.115. The number of anilines is 1. The van der Waals surface area contributed by atoms with E-state index in [2.05, 4.69) is 21.2 Å². The van der Waals surface area contributed by atoms with Crippen molar-refractivity contribution >= 4 is 27.4 Å². The molecule has 1 aliphatic carbocycles. The zero-order valence-electron chi connectivity index (χ0n) is 10.8. The van der Waals surface area contributed by atoms with E-state index in [0.717, 1.165) is 15.7 Å². The lowest BCUT2D eigenvalue weighted by atomic mass is 9.92. The molecular formula is C17H14BrNO. The van der Waals surface area contributed by atoms with Gasteiger partial charge in [0.1, 0.15) is 0 Å². The Morgan fingerprint density at radius 1 is 0.950 bits per heavy atom. The number of halogens is 1. The Morgan fingerprint density at radius 3 is 2.35 bits per heavy atom. The topological polar surface area (TPSA) is 29.1 Å². The van der Waals surface area contributed by atoms with E-state index in [0.29, 0.717) is 0 Å². The minimum Gasteiger partial charge on any atom is -0.378 e. The first-order valence-corrected chi connectivity index (χ1v) is 7.32. The lowest BCUT2D eigenvalue weighted by Crippen LogP contribution is -2.25. The smallest absolute Gasteiger partial charge is 0.165 e. The minimum absolute atomic E-state index is 0.00563. The second-order valence-electron chi connectivity index (χ2n) is 4.83. The lowest BCUT2D eigenvalue weighted by Gasteiger charge is -2.21. The maximum Gasteiger partial charge on any atom is 0.165 e. The molecule has 20 heavy (non-hydrogen) atoms. The van der Waals surface area contributed by atoms with Crippen molar-refractivity contribution < 1.29 is 4.79 Å². The van der Waals surface area contributed by atoms with E-state index in [4.69, 9.17) is 0 Å². The van der Waals surface area contributed by atoms with Gasteiger partial charge < -0.3 is 5.32 Å². The Labute approximate surface area is 126 Å². The first kappa shape index (κ1) is 13.1. The summed E-state index contributed by atoms with van der Waals surface area (Å²) in [4.78, 5) is 12.1. The molecule has 0 unspecified atom stereocenters. The number of carbonyl (C=O) groups excluding carboxylic acids is 1. The molecule has 0 aliphatic heterocycles. The van der Waals surface area contributed by atoms with Crippen molar-refractivity contribution in [1.29, 1.82) is 0 Å². The first-order chi connectivity index (χ1) is 9.74. The van der Waals surface area contributed by atoms with Crippen LogP contribution in [0.5, 0.6) is 0 Å². The molecule has 2 atom stereocenters. The summed E-state index contributed by atoms with van der Waals surface area (Å²) in [5.74, 6) is 0.0191. The van der Waals surface area contributed by atoms with E-state index < -0.39 is 0 Å². The zero-order chi connectivity index (χ0) is 13.9. The molecule has 1 N–H and O–H groups in total. The van der Waals surface area contributed by atoms with E-state index >= 15 is 0 Å². The molecule has 3 heteroatoms. The second kappa shape index (κ2) is 5.63. The summed E-state index contributed by atoms with van der Waals surface area (Å²) in [6.45, 7) is 0. The van der Waals surface area contributed by atoms with Crippen molar-refractivity contribution in [2.45, 2.75) is 12.0 Å². The molecule has 0 saturated heterocycles. The van der Waals surface area contributed by atoms with Crippen LogP contribution in [0.3, 0.4) is 0 Å². The van der Waals surface area contributed by atoms with Crippen LogP contribution < -0.4 is 5.32 Å². The number of allylic oxidation sites excluding steroid dienone is 1. The van der Waals surface area contributed by atoms with Crippen LogP contribution in [0.4, 0.5) is 5.69 Å². The van der Waals surface area contributed by atoms with Crippen LogP contribution >= 0.6 is 15.9 Å². The van der Waals surface area contributed by atoms with E-state index in [9.17, 15) is 4.79 Å². The van der Waals surface area contributed by atoms with Crippen molar-refractivity contribution in [3.05, 3.63) is 76.8 Å². The summed E-state index contributed by atoms with van der Waals surface area (Å²) in [6.07, 6.45) is 3.62. The summed E-state index contributed by atoms with van der Waals surface area (Å²) in [7, 11) is 0. The van der Waals surface area contributed by atoms with Crippen LogP contribution in [0.1, 0.15) is 11.5 Å². The monoisotopic (exact) mass is 327 g/mol. The summed E-state index contributed by atoms with van der Waals surface area (Å²) >= 11 is 3.42. The quantitative estimate of drug-likeness (QED) is 0.917. The molecule has 3 rings (SSSR count). The third-order valence-corrected chi connectivity index (χ3v) is 4.00. The van der Waals surface area contributed by atoms with Gasteiger partial charge in [0, 0.05) is 10.2 Å². The van der Waals surface area contributed by atoms with Crippen LogP contribution in [0, 0.1) is 0 Å². The molecule has 0 fully saturated rings. The number of hydrogen-bond acceptors (Lipinski definition) is 2. The van der Waals surface area contributed by atoms with E-state index in [-0.39, 0.29) is 17.7 Å². The van der Waals surface area contributed by atoms with Crippen LogP contribution in [0.15, 0.2) is 71.2 Å². The van der Waals surface area contributed by atoms with Gasteiger partial charge in [-0.15, -0.1) is 0 Å². The third-order valence-electron chi connectivity index (χ3n) is 3.47. The van der Waals surface area contributed by atoms with Gasteiger partial charge in [-0.25, -0.2) is 0 Å². The molecule has 0 aromatic heterocycles. The van der Waals surface area contributed by atoms with Gasteiger partial charge in [0.05, 0.1) is 12.0 Å². The second-order valence-corrected chi connectivity index (χ2v) is 5.74. The van der Waals surface area contributed by atoms with Crippen LogP contribution in [0.25, 0.3) is 0 Å². The Morgan fingerprint density at radius 2 is 1.65 bits per heavy atom. The Bertz CT molecular complexity index is 634. The number of rotatable bonds is 3. The Kier molecular flexibility index (Phi) is 3.70. The maximum atomic E-state index is 12.1. The Hall–Kier alpha value is -1.87. The van der Waals surface area contributed by atoms with Gasteiger partial charge in [-0.3, -0.25) is 4.79 Å². The predicted molar refractivity (Wildman–Crippen MR) is 84.9 cm³/mol. The molecular weight excluding hydrogens is 314 g/mol. The largest absolute Gasteiger partial charge is 0.378 e. The summed E-state index contributed by atoms with van der Waals surface area (Å²) in [5.41, 5.74) is 2.07. The van der Waals surface area contributed by atoms with Gasteiger partial charge in [0.25, 0.3) is 0 Å². The van der Waals surface area contributed by atoms with Crippen molar-refractivity contribution in [2.75, 3.05) is 5.32 Å². The summed E-state index contributed by atoms with van der Waals surface area (Å²) in [5, 5.41) is 3.42. The molecule has 0 spiro atoms. The molecule has 2 nitrogen and oxygen atoms in total. The fourth-order valence-electron chi connectivity index (χ4n) is 2.49. The molecule has 0 radical (unpaired) electrons.